The van der Waals surface area contributed by atoms with E-state index in [2.05, 4.69) is 17.4 Å². The molecule has 0 aliphatic heterocycles. The first kappa shape index (κ1) is 17.2. The number of rotatable bonds is 5. The highest BCUT2D eigenvalue weighted by Crippen LogP contribution is 2.34. The van der Waals surface area contributed by atoms with E-state index >= 15 is 0 Å². The van der Waals surface area contributed by atoms with Gasteiger partial charge in [-0.3, -0.25) is 9.59 Å². The van der Waals surface area contributed by atoms with Crippen molar-refractivity contribution in [2.45, 2.75) is 38.1 Å². The Labute approximate surface area is 148 Å². The van der Waals surface area contributed by atoms with Crippen molar-refractivity contribution in [3.05, 3.63) is 71.3 Å². The van der Waals surface area contributed by atoms with Gasteiger partial charge in [0.1, 0.15) is 0 Å². The van der Waals surface area contributed by atoms with Gasteiger partial charge in [-0.05, 0) is 48.6 Å². The summed E-state index contributed by atoms with van der Waals surface area (Å²) in [6.45, 7) is 0. The summed E-state index contributed by atoms with van der Waals surface area (Å²) in [6.07, 6.45) is 6.00. The lowest BCUT2D eigenvalue weighted by Crippen LogP contribution is -2.34. The molecule has 3 rings (SSSR count). The summed E-state index contributed by atoms with van der Waals surface area (Å²) in [4.78, 5) is 23.9. The first-order valence-electron chi connectivity index (χ1n) is 8.91. The van der Waals surface area contributed by atoms with Crippen molar-refractivity contribution < 1.29 is 9.59 Å². The average Bonchev–Trinajstić information content (AvgIpc) is 2.67. The van der Waals surface area contributed by atoms with Crippen LogP contribution in [-0.4, -0.2) is 11.8 Å². The van der Waals surface area contributed by atoms with Crippen LogP contribution in [0, 0.1) is 5.92 Å². The van der Waals surface area contributed by atoms with E-state index in [-0.39, 0.29) is 11.9 Å². The summed E-state index contributed by atoms with van der Waals surface area (Å²) >= 11 is 0. The van der Waals surface area contributed by atoms with Crippen LogP contribution in [0.1, 0.15) is 64.4 Å². The SMILES string of the molecule is NC(=O)c1ccc(C(=O)N[C@H](c2ccccc2)C2CCCCC2)cc1. The Hall–Kier alpha value is -2.62. The molecule has 0 aromatic heterocycles. The summed E-state index contributed by atoms with van der Waals surface area (Å²) in [6, 6.07) is 16.7. The van der Waals surface area contributed by atoms with E-state index in [4.69, 9.17) is 5.73 Å². The van der Waals surface area contributed by atoms with Crippen LogP contribution in [-0.2, 0) is 0 Å². The van der Waals surface area contributed by atoms with Crippen molar-refractivity contribution in [2.75, 3.05) is 0 Å². The fourth-order valence-electron chi connectivity index (χ4n) is 3.61. The number of nitrogens with one attached hydrogen (secondary N) is 1. The highest BCUT2D eigenvalue weighted by Gasteiger charge is 2.26. The van der Waals surface area contributed by atoms with Crippen LogP contribution in [0.15, 0.2) is 54.6 Å². The van der Waals surface area contributed by atoms with E-state index in [1.165, 1.54) is 19.3 Å². The van der Waals surface area contributed by atoms with Crippen LogP contribution in [0.2, 0.25) is 0 Å². The molecule has 2 aromatic rings. The summed E-state index contributed by atoms with van der Waals surface area (Å²) in [5.41, 5.74) is 7.35. The number of hydrogen-bond acceptors (Lipinski definition) is 2. The third kappa shape index (κ3) is 4.27. The number of nitrogens with two attached hydrogens (primary N) is 1. The standard InChI is InChI=1S/C21H24N2O2/c22-20(24)17-11-13-18(14-12-17)21(25)23-19(15-7-3-1-4-8-15)16-9-5-2-6-10-16/h1,3-4,7-8,11-14,16,19H,2,5-6,9-10H2,(H2,22,24)(H,23,25)/t19-/m1/s1. The first-order chi connectivity index (χ1) is 12.1. The van der Waals surface area contributed by atoms with Gasteiger partial charge in [0.15, 0.2) is 0 Å². The first-order valence-corrected chi connectivity index (χ1v) is 8.91. The lowest BCUT2D eigenvalue weighted by atomic mass is 9.81. The third-order valence-corrected chi connectivity index (χ3v) is 5.00. The molecule has 3 N–H and O–H groups in total. The Balaban J connectivity index is 1.79. The zero-order valence-corrected chi connectivity index (χ0v) is 14.3. The summed E-state index contributed by atoms with van der Waals surface area (Å²) in [5.74, 6) is -0.142. The summed E-state index contributed by atoms with van der Waals surface area (Å²) in [7, 11) is 0. The predicted molar refractivity (Wildman–Crippen MR) is 98.2 cm³/mol. The molecule has 1 atom stereocenters. The lowest BCUT2D eigenvalue weighted by Gasteiger charge is -2.31. The molecule has 1 aliphatic rings. The molecule has 4 heteroatoms. The van der Waals surface area contributed by atoms with Crippen LogP contribution in [0.4, 0.5) is 0 Å². The van der Waals surface area contributed by atoms with E-state index < -0.39 is 5.91 Å². The van der Waals surface area contributed by atoms with Crippen LogP contribution in [0.25, 0.3) is 0 Å². The fraction of sp³-hybridized carbons (Fsp3) is 0.333. The fourth-order valence-corrected chi connectivity index (χ4v) is 3.61. The van der Waals surface area contributed by atoms with Crippen molar-refractivity contribution >= 4 is 11.8 Å². The van der Waals surface area contributed by atoms with E-state index in [0.717, 1.165) is 18.4 Å². The van der Waals surface area contributed by atoms with Crippen molar-refractivity contribution in [3.63, 3.8) is 0 Å². The van der Waals surface area contributed by atoms with Gasteiger partial charge in [0, 0.05) is 11.1 Å². The van der Waals surface area contributed by atoms with Gasteiger partial charge in [-0.2, -0.15) is 0 Å². The number of amides is 2. The second-order valence-electron chi connectivity index (χ2n) is 6.70. The molecule has 0 radical (unpaired) electrons. The van der Waals surface area contributed by atoms with Crippen molar-refractivity contribution in [1.82, 2.24) is 5.32 Å². The second-order valence-corrected chi connectivity index (χ2v) is 6.70. The average molecular weight is 336 g/mol. The molecule has 0 bridgehead atoms. The number of benzene rings is 2. The van der Waals surface area contributed by atoms with Gasteiger partial charge in [0.25, 0.3) is 5.91 Å². The topological polar surface area (TPSA) is 72.2 Å². The molecule has 4 nitrogen and oxygen atoms in total. The van der Waals surface area contributed by atoms with Crippen molar-refractivity contribution in [3.8, 4) is 0 Å². The molecule has 25 heavy (non-hydrogen) atoms. The molecule has 1 aliphatic carbocycles. The molecule has 1 fully saturated rings. The maximum atomic E-state index is 12.7. The van der Waals surface area contributed by atoms with Crippen molar-refractivity contribution in [2.24, 2.45) is 11.7 Å². The smallest absolute Gasteiger partial charge is 0.251 e. The Morgan fingerprint density at radius 1 is 0.880 bits per heavy atom. The van der Waals surface area contributed by atoms with Crippen LogP contribution in [0.3, 0.4) is 0 Å². The molecule has 2 aromatic carbocycles. The Morgan fingerprint density at radius 2 is 1.48 bits per heavy atom. The minimum Gasteiger partial charge on any atom is -0.366 e. The highest BCUT2D eigenvalue weighted by atomic mass is 16.2. The predicted octanol–water partition coefficient (Wildman–Crippen LogP) is 3.84. The maximum absolute atomic E-state index is 12.7. The molecule has 0 saturated heterocycles. The minimum atomic E-state index is -0.490. The zero-order valence-electron chi connectivity index (χ0n) is 14.3. The van der Waals surface area contributed by atoms with Crippen LogP contribution < -0.4 is 11.1 Å². The van der Waals surface area contributed by atoms with Crippen molar-refractivity contribution in [1.29, 1.82) is 0 Å². The maximum Gasteiger partial charge on any atom is 0.251 e. The second kappa shape index (κ2) is 7.97. The zero-order chi connectivity index (χ0) is 17.6. The van der Waals surface area contributed by atoms with Crippen LogP contribution >= 0.6 is 0 Å². The number of primary amides is 1. The minimum absolute atomic E-state index is 0.0183. The number of carbonyl (C=O) groups is 2. The van der Waals surface area contributed by atoms with Gasteiger partial charge in [-0.1, -0.05) is 49.6 Å². The van der Waals surface area contributed by atoms with Gasteiger partial charge < -0.3 is 11.1 Å². The Bertz CT molecular complexity index is 719. The Kier molecular flexibility index (Phi) is 5.49. The number of carbonyl (C=O) groups excluding carboxylic acids is 2. The third-order valence-electron chi connectivity index (χ3n) is 5.00. The monoisotopic (exact) mass is 336 g/mol. The van der Waals surface area contributed by atoms with E-state index in [1.807, 2.05) is 18.2 Å². The van der Waals surface area contributed by atoms with Gasteiger partial charge >= 0.3 is 0 Å². The quantitative estimate of drug-likeness (QED) is 0.871. The van der Waals surface area contributed by atoms with Crippen LogP contribution in [0.5, 0.6) is 0 Å². The summed E-state index contributed by atoms with van der Waals surface area (Å²) < 4.78 is 0. The molecular weight excluding hydrogens is 312 g/mol. The van der Waals surface area contributed by atoms with E-state index in [0.29, 0.717) is 17.0 Å². The van der Waals surface area contributed by atoms with Gasteiger partial charge in [-0.15, -0.1) is 0 Å². The van der Waals surface area contributed by atoms with Gasteiger partial charge in [-0.25, -0.2) is 0 Å². The molecule has 1 saturated carbocycles. The van der Waals surface area contributed by atoms with Gasteiger partial charge in [0.05, 0.1) is 6.04 Å². The van der Waals surface area contributed by atoms with E-state index in [9.17, 15) is 9.59 Å². The highest BCUT2D eigenvalue weighted by molar-refractivity contribution is 5.97. The molecule has 2 amide bonds. The number of hydrogen-bond donors (Lipinski definition) is 2. The van der Waals surface area contributed by atoms with E-state index in [1.54, 1.807) is 24.3 Å². The lowest BCUT2D eigenvalue weighted by molar-refractivity contribution is 0.0911. The molecule has 0 spiro atoms. The van der Waals surface area contributed by atoms with Gasteiger partial charge in [0.2, 0.25) is 5.91 Å². The molecule has 0 unspecified atom stereocenters. The molecule has 0 heterocycles. The normalized spacial score (nSPS) is 16.2. The summed E-state index contributed by atoms with van der Waals surface area (Å²) in [5, 5.41) is 3.21. The molecule has 130 valence electrons. The molecular formula is C21H24N2O2. The Morgan fingerprint density at radius 3 is 2.08 bits per heavy atom. The largest absolute Gasteiger partial charge is 0.366 e.